The average molecular weight is 200 g/mol. The predicted molar refractivity (Wildman–Crippen MR) is 49.4 cm³/mol. The van der Waals surface area contributed by atoms with Gasteiger partial charge in [-0.15, -0.1) is 0 Å². The maximum Gasteiger partial charge on any atom is 0.282 e. The summed E-state index contributed by atoms with van der Waals surface area (Å²) in [6.07, 6.45) is 2.47. The third-order valence-electron chi connectivity index (χ3n) is 2.85. The minimum absolute atomic E-state index is 0.00407. The van der Waals surface area contributed by atoms with E-state index in [2.05, 4.69) is 5.10 Å². The normalized spacial score (nSPS) is 16.9. The number of aromatic nitrogens is 2. The van der Waals surface area contributed by atoms with Gasteiger partial charge < -0.3 is 0 Å². The summed E-state index contributed by atoms with van der Waals surface area (Å²) in [4.78, 5) is 0. The van der Waals surface area contributed by atoms with Crippen molar-refractivity contribution >= 4 is 0 Å². The summed E-state index contributed by atoms with van der Waals surface area (Å²) in [6, 6.07) is 0. The van der Waals surface area contributed by atoms with E-state index >= 15 is 0 Å². The molecule has 2 rings (SSSR count). The first-order valence-electron chi connectivity index (χ1n) is 5.03. The molecule has 1 aromatic heterocycles. The van der Waals surface area contributed by atoms with Crippen LogP contribution in [0.2, 0.25) is 0 Å². The Labute approximate surface area is 81.9 Å². The van der Waals surface area contributed by atoms with E-state index in [-0.39, 0.29) is 5.69 Å². The fourth-order valence-corrected chi connectivity index (χ4v) is 2.16. The molecule has 0 radical (unpaired) electrons. The number of alkyl halides is 2. The molecule has 0 spiro atoms. The van der Waals surface area contributed by atoms with Crippen LogP contribution in [0.1, 0.15) is 42.6 Å². The number of fused-ring (bicyclic) bond motifs is 1. The molecule has 0 fully saturated rings. The van der Waals surface area contributed by atoms with E-state index in [9.17, 15) is 8.78 Å². The zero-order valence-corrected chi connectivity index (χ0v) is 8.26. The van der Waals surface area contributed by atoms with Gasteiger partial charge in [-0.05, 0) is 25.7 Å². The molecule has 1 aliphatic carbocycles. The molecule has 0 amide bonds. The molecular formula is C10H14F2N2. The number of hydrogen-bond donors (Lipinski definition) is 0. The highest BCUT2D eigenvalue weighted by Crippen LogP contribution is 2.29. The van der Waals surface area contributed by atoms with Crippen LogP contribution in [0.3, 0.4) is 0 Å². The van der Waals surface area contributed by atoms with Crippen LogP contribution >= 0.6 is 0 Å². The Balaban J connectivity index is 2.44. The van der Waals surface area contributed by atoms with Gasteiger partial charge in [-0.25, -0.2) is 8.78 Å². The highest BCUT2D eigenvalue weighted by molar-refractivity contribution is 5.28. The zero-order valence-electron chi connectivity index (χ0n) is 8.26. The van der Waals surface area contributed by atoms with Crippen LogP contribution in [-0.4, -0.2) is 9.78 Å². The molecule has 0 N–H and O–H groups in total. The maximum absolute atomic E-state index is 12.6. The van der Waals surface area contributed by atoms with Gasteiger partial charge in [-0.2, -0.15) is 5.10 Å². The van der Waals surface area contributed by atoms with Gasteiger partial charge in [0, 0.05) is 18.3 Å². The fourth-order valence-electron chi connectivity index (χ4n) is 2.16. The SMILES string of the molecule is Cn1nc(C(F)F)c2c1CCCCC2. The first-order chi connectivity index (χ1) is 6.70. The molecule has 4 heteroatoms. The largest absolute Gasteiger partial charge is 0.282 e. The number of rotatable bonds is 1. The molecular weight excluding hydrogens is 186 g/mol. The van der Waals surface area contributed by atoms with Crippen LogP contribution in [0, 0.1) is 0 Å². The first kappa shape index (κ1) is 9.62. The lowest BCUT2D eigenvalue weighted by molar-refractivity contribution is 0.144. The van der Waals surface area contributed by atoms with E-state index in [4.69, 9.17) is 0 Å². The molecule has 1 aliphatic rings. The molecule has 0 aliphatic heterocycles. The number of hydrogen-bond acceptors (Lipinski definition) is 1. The molecule has 14 heavy (non-hydrogen) atoms. The second-order valence-corrected chi connectivity index (χ2v) is 3.80. The minimum atomic E-state index is -2.43. The van der Waals surface area contributed by atoms with Crippen LogP contribution in [-0.2, 0) is 19.9 Å². The Kier molecular flexibility index (Phi) is 2.52. The van der Waals surface area contributed by atoms with Gasteiger partial charge in [0.05, 0.1) is 0 Å². The van der Waals surface area contributed by atoms with Gasteiger partial charge in [-0.3, -0.25) is 4.68 Å². The molecule has 1 aromatic rings. The molecule has 0 bridgehead atoms. The van der Waals surface area contributed by atoms with E-state index in [0.717, 1.165) is 43.4 Å². The van der Waals surface area contributed by atoms with Crippen LogP contribution in [0.15, 0.2) is 0 Å². The second kappa shape index (κ2) is 3.67. The molecule has 0 unspecified atom stereocenters. The van der Waals surface area contributed by atoms with Crippen molar-refractivity contribution < 1.29 is 8.78 Å². The molecule has 0 atom stereocenters. The minimum Gasteiger partial charge on any atom is -0.272 e. The van der Waals surface area contributed by atoms with E-state index < -0.39 is 6.43 Å². The molecule has 0 aromatic carbocycles. The van der Waals surface area contributed by atoms with Gasteiger partial charge in [0.15, 0.2) is 0 Å². The quantitative estimate of drug-likeness (QED) is 0.637. The molecule has 1 heterocycles. The van der Waals surface area contributed by atoms with Gasteiger partial charge >= 0.3 is 0 Å². The summed E-state index contributed by atoms with van der Waals surface area (Å²) >= 11 is 0. The Morgan fingerprint density at radius 1 is 1.21 bits per heavy atom. The Morgan fingerprint density at radius 2 is 1.93 bits per heavy atom. The lowest BCUT2D eigenvalue weighted by Gasteiger charge is -2.00. The molecule has 0 saturated heterocycles. The van der Waals surface area contributed by atoms with Crippen molar-refractivity contribution in [2.24, 2.45) is 7.05 Å². The van der Waals surface area contributed by atoms with Gasteiger partial charge in [0.2, 0.25) is 0 Å². The van der Waals surface area contributed by atoms with Crippen LogP contribution in [0.5, 0.6) is 0 Å². The monoisotopic (exact) mass is 200 g/mol. The van der Waals surface area contributed by atoms with Crippen molar-refractivity contribution in [3.8, 4) is 0 Å². The van der Waals surface area contributed by atoms with Crippen LogP contribution in [0.4, 0.5) is 8.78 Å². The summed E-state index contributed by atoms with van der Waals surface area (Å²) in [7, 11) is 1.76. The summed E-state index contributed by atoms with van der Waals surface area (Å²) in [5.74, 6) is 0. The van der Waals surface area contributed by atoms with E-state index in [1.54, 1.807) is 11.7 Å². The molecule has 78 valence electrons. The lowest BCUT2D eigenvalue weighted by Crippen LogP contribution is -1.98. The third-order valence-corrected chi connectivity index (χ3v) is 2.85. The van der Waals surface area contributed by atoms with Crippen molar-refractivity contribution in [2.45, 2.75) is 38.5 Å². The molecule has 2 nitrogen and oxygen atoms in total. The van der Waals surface area contributed by atoms with Crippen LogP contribution in [0.25, 0.3) is 0 Å². The van der Waals surface area contributed by atoms with Gasteiger partial charge in [-0.1, -0.05) is 6.42 Å². The second-order valence-electron chi connectivity index (χ2n) is 3.80. The van der Waals surface area contributed by atoms with Gasteiger partial charge in [0.1, 0.15) is 5.69 Å². The van der Waals surface area contributed by atoms with Crippen molar-refractivity contribution in [1.29, 1.82) is 0 Å². The summed E-state index contributed by atoms with van der Waals surface area (Å²) < 4.78 is 26.9. The fraction of sp³-hybridized carbons (Fsp3) is 0.700. The number of aryl methyl sites for hydroxylation is 1. The summed E-state index contributed by atoms with van der Waals surface area (Å²) in [6.45, 7) is 0. The van der Waals surface area contributed by atoms with Gasteiger partial charge in [0.25, 0.3) is 6.43 Å². The van der Waals surface area contributed by atoms with E-state index in [0.29, 0.717) is 0 Å². The maximum atomic E-state index is 12.6. The Morgan fingerprint density at radius 3 is 2.64 bits per heavy atom. The van der Waals surface area contributed by atoms with Crippen molar-refractivity contribution in [3.63, 3.8) is 0 Å². The van der Waals surface area contributed by atoms with E-state index in [1.807, 2.05) is 0 Å². The first-order valence-corrected chi connectivity index (χ1v) is 5.03. The van der Waals surface area contributed by atoms with Crippen LogP contribution < -0.4 is 0 Å². The number of halogens is 2. The average Bonchev–Trinajstić information content (AvgIpc) is 2.38. The Hall–Kier alpha value is -0.930. The van der Waals surface area contributed by atoms with Crippen molar-refractivity contribution in [1.82, 2.24) is 9.78 Å². The highest BCUT2D eigenvalue weighted by Gasteiger charge is 2.23. The molecule has 0 saturated carbocycles. The highest BCUT2D eigenvalue weighted by atomic mass is 19.3. The Bertz CT molecular complexity index is 331. The third kappa shape index (κ3) is 1.53. The topological polar surface area (TPSA) is 17.8 Å². The predicted octanol–water partition coefficient (Wildman–Crippen LogP) is 2.63. The van der Waals surface area contributed by atoms with Crippen molar-refractivity contribution in [3.05, 3.63) is 17.0 Å². The smallest absolute Gasteiger partial charge is 0.272 e. The summed E-state index contributed by atoms with van der Waals surface area (Å²) in [5, 5.41) is 3.90. The standard InChI is InChI=1S/C10H14F2N2/c1-14-8-6-4-2-3-5-7(8)9(13-14)10(11)12/h10H,2-6H2,1H3. The lowest BCUT2D eigenvalue weighted by atomic mass is 10.1. The summed E-state index contributed by atoms with van der Waals surface area (Å²) in [5.41, 5.74) is 1.82. The van der Waals surface area contributed by atoms with Crippen molar-refractivity contribution in [2.75, 3.05) is 0 Å². The van der Waals surface area contributed by atoms with E-state index in [1.165, 1.54) is 0 Å². The number of nitrogens with zero attached hydrogens (tertiary/aromatic N) is 2. The zero-order chi connectivity index (χ0) is 10.1.